The van der Waals surface area contributed by atoms with Gasteiger partial charge in [-0.25, -0.2) is 0 Å². The quantitative estimate of drug-likeness (QED) is 0.755. The first kappa shape index (κ1) is 18.0. The largest absolute Gasteiger partial charge is 0.493 e. The zero-order valence-corrected chi connectivity index (χ0v) is 15.5. The van der Waals surface area contributed by atoms with Gasteiger partial charge in [-0.15, -0.1) is 11.3 Å². The SMILES string of the molecule is CC(C)COc1ccc([C@H](CO)NC(=O)[C@H]2C[C@@H]2c2cccs2)cc1. The predicted molar refractivity (Wildman–Crippen MR) is 99.9 cm³/mol. The van der Waals surface area contributed by atoms with E-state index in [2.05, 4.69) is 25.2 Å². The van der Waals surface area contributed by atoms with Gasteiger partial charge in [-0.2, -0.15) is 0 Å². The number of benzene rings is 1. The molecular weight excluding hydrogens is 334 g/mol. The van der Waals surface area contributed by atoms with Crippen LogP contribution in [0.1, 0.15) is 42.7 Å². The van der Waals surface area contributed by atoms with Gasteiger partial charge in [0.05, 0.1) is 19.3 Å². The van der Waals surface area contributed by atoms with Crippen molar-refractivity contribution in [3.63, 3.8) is 0 Å². The van der Waals surface area contributed by atoms with E-state index in [9.17, 15) is 9.90 Å². The van der Waals surface area contributed by atoms with Gasteiger partial charge in [-0.1, -0.05) is 32.0 Å². The lowest BCUT2D eigenvalue weighted by Gasteiger charge is -2.17. The van der Waals surface area contributed by atoms with E-state index in [1.807, 2.05) is 35.7 Å². The van der Waals surface area contributed by atoms with Crippen molar-refractivity contribution in [1.29, 1.82) is 0 Å². The van der Waals surface area contributed by atoms with Crippen LogP contribution in [-0.2, 0) is 4.79 Å². The van der Waals surface area contributed by atoms with E-state index < -0.39 is 0 Å². The minimum Gasteiger partial charge on any atom is -0.493 e. The second-order valence-electron chi connectivity index (χ2n) is 6.98. The van der Waals surface area contributed by atoms with Gasteiger partial charge >= 0.3 is 0 Å². The number of ether oxygens (including phenoxy) is 1. The van der Waals surface area contributed by atoms with Crippen LogP contribution in [0, 0.1) is 11.8 Å². The number of amides is 1. The highest BCUT2D eigenvalue weighted by atomic mass is 32.1. The fourth-order valence-electron chi connectivity index (χ4n) is 2.87. The summed E-state index contributed by atoms with van der Waals surface area (Å²) in [6.07, 6.45) is 0.895. The maximum Gasteiger partial charge on any atom is 0.224 e. The Hall–Kier alpha value is -1.85. The van der Waals surface area contributed by atoms with E-state index >= 15 is 0 Å². The Morgan fingerprint density at radius 1 is 1.32 bits per heavy atom. The van der Waals surface area contributed by atoms with Crippen LogP contribution in [0.5, 0.6) is 5.75 Å². The monoisotopic (exact) mass is 359 g/mol. The molecule has 1 amide bonds. The minimum absolute atomic E-state index is 0.0255. The standard InChI is InChI=1S/C20H25NO3S/c1-13(2)12-24-15-7-5-14(6-8-15)18(11-22)21-20(23)17-10-16(17)19-4-3-9-25-19/h3-9,13,16-18,22H,10-12H2,1-2H3,(H,21,23)/t16-,17-,18-/m0/s1. The molecule has 2 N–H and O–H groups in total. The number of rotatable bonds is 8. The lowest BCUT2D eigenvalue weighted by molar-refractivity contribution is -0.123. The van der Waals surface area contributed by atoms with Crippen LogP contribution >= 0.6 is 11.3 Å². The summed E-state index contributed by atoms with van der Waals surface area (Å²) in [7, 11) is 0. The van der Waals surface area contributed by atoms with Crippen molar-refractivity contribution in [3.05, 3.63) is 52.2 Å². The summed E-state index contributed by atoms with van der Waals surface area (Å²) in [6, 6.07) is 11.3. The molecule has 0 unspecified atom stereocenters. The molecule has 3 rings (SSSR count). The zero-order chi connectivity index (χ0) is 17.8. The van der Waals surface area contributed by atoms with Gasteiger partial charge in [0.15, 0.2) is 0 Å². The Morgan fingerprint density at radius 3 is 2.68 bits per heavy atom. The van der Waals surface area contributed by atoms with Crippen molar-refractivity contribution in [1.82, 2.24) is 5.32 Å². The van der Waals surface area contributed by atoms with Gasteiger partial charge in [0.2, 0.25) is 5.91 Å². The van der Waals surface area contributed by atoms with Gasteiger partial charge in [0.25, 0.3) is 0 Å². The summed E-state index contributed by atoms with van der Waals surface area (Å²) in [6.45, 7) is 4.76. The van der Waals surface area contributed by atoms with Gasteiger partial charge < -0.3 is 15.2 Å². The number of aliphatic hydroxyl groups excluding tert-OH is 1. The third-order valence-electron chi connectivity index (χ3n) is 4.40. The Bertz CT molecular complexity index is 681. The van der Waals surface area contributed by atoms with Crippen LogP contribution in [0.3, 0.4) is 0 Å². The molecular formula is C20H25NO3S. The number of carbonyl (C=O) groups excluding carboxylic acids is 1. The van der Waals surface area contributed by atoms with Crippen LogP contribution in [0.25, 0.3) is 0 Å². The van der Waals surface area contributed by atoms with Gasteiger partial charge in [-0.3, -0.25) is 4.79 Å². The van der Waals surface area contributed by atoms with Crippen LogP contribution < -0.4 is 10.1 Å². The molecule has 4 nitrogen and oxygen atoms in total. The van der Waals surface area contributed by atoms with Crippen LogP contribution in [0.4, 0.5) is 0 Å². The molecule has 1 heterocycles. The first-order valence-electron chi connectivity index (χ1n) is 8.76. The lowest BCUT2D eigenvalue weighted by Crippen LogP contribution is -2.32. The van der Waals surface area contributed by atoms with E-state index in [1.165, 1.54) is 4.88 Å². The molecule has 3 atom stereocenters. The van der Waals surface area contributed by atoms with Crippen molar-refractivity contribution in [2.24, 2.45) is 11.8 Å². The average Bonchev–Trinajstić information content (AvgIpc) is 3.23. The molecule has 1 aromatic carbocycles. The first-order valence-corrected chi connectivity index (χ1v) is 9.64. The highest BCUT2D eigenvalue weighted by Gasteiger charge is 2.45. The fraction of sp³-hybridized carbons (Fsp3) is 0.450. The number of hydrogen-bond donors (Lipinski definition) is 2. The van der Waals surface area contributed by atoms with Gasteiger partial charge in [0.1, 0.15) is 5.75 Å². The molecule has 1 saturated carbocycles. The smallest absolute Gasteiger partial charge is 0.224 e. The van der Waals surface area contributed by atoms with Gasteiger partial charge in [-0.05, 0) is 41.5 Å². The maximum absolute atomic E-state index is 12.5. The molecule has 25 heavy (non-hydrogen) atoms. The van der Waals surface area contributed by atoms with E-state index in [4.69, 9.17) is 4.74 Å². The van der Waals surface area contributed by atoms with Crippen molar-refractivity contribution < 1.29 is 14.6 Å². The molecule has 2 aromatic rings. The van der Waals surface area contributed by atoms with Crippen molar-refractivity contribution in [2.75, 3.05) is 13.2 Å². The number of hydrogen-bond acceptors (Lipinski definition) is 4. The third-order valence-corrected chi connectivity index (χ3v) is 5.40. The van der Waals surface area contributed by atoms with E-state index in [0.29, 0.717) is 18.4 Å². The summed E-state index contributed by atoms with van der Waals surface area (Å²) < 4.78 is 5.67. The highest BCUT2D eigenvalue weighted by Crippen LogP contribution is 2.49. The fourth-order valence-corrected chi connectivity index (χ4v) is 3.78. The predicted octanol–water partition coefficient (Wildman–Crippen LogP) is 3.74. The molecule has 0 spiro atoms. The number of carbonyl (C=O) groups is 1. The summed E-state index contributed by atoms with van der Waals surface area (Å²) >= 11 is 1.70. The maximum atomic E-state index is 12.5. The van der Waals surface area contributed by atoms with Crippen molar-refractivity contribution in [3.8, 4) is 5.75 Å². The summed E-state index contributed by atoms with van der Waals surface area (Å²) in [4.78, 5) is 13.7. The Morgan fingerprint density at radius 2 is 2.08 bits per heavy atom. The number of thiophene rings is 1. The molecule has 1 aromatic heterocycles. The normalized spacial score (nSPS) is 20.3. The topological polar surface area (TPSA) is 58.6 Å². The van der Waals surface area contributed by atoms with Crippen molar-refractivity contribution in [2.45, 2.75) is 32.2 Å². The Labute approximate surface area is 152 Å². The average molecular weight is 359 g/mol. The van der Waals surface area contributed by atoms with Crippen LogP contribution in [-0.4, -0.2) is 24.2 Å². The summed E-state index contributed by atoms with van der Waals surface area (Å²) in [5, 5.41) is 14.7. The van der Waals surface area contributed by atoms with E-state index in [0.717, 1.165) is 17.7 Å². The van der Waals surface area contributed by atoms with Gasteiger partial charge in [0, 0.05) is 16.7 Å². The summed E-state index contributed by atoms with van der Waals surface area (Å²) in [5.74, 6) is 1.67. The molecule has 5 heteroatoms. The molecule has 1 fully saturated rings. The van der Waals surface area contributed by atoms with E-state index in [1.54, 1.807) is 11.3 Å². The second-order valence-corrected chi connectivity index (χ2v) is 7.96. The minimum atomic E-state index is -0.378. The highest BCUT2D eigenvalue weighted by molar-refractivity contribution is 7.10. The molecule has 0 aliphatic heterocycles. The van der Waals surface area contributed by atoms with E-state index in [-0.39, 0.29) is 24.5 Å². The third kappa shape index (κ3) is 4.61. The molecule has 0 bridgehead atoms. The molecule has 0 saturated heterocycles. The van der Waals surface area contributed by atoms with Crippen molar-refractivity contribution >= 4 is 17.2 Å². The number of aliphatic hydroxyl groups is 1. The molecule has 134 valence electrons. The summed E-state index contributed by atoms with van der Waals surface area (Å²) in [5.41, 5.74) is 0.890. The second kappa shape index (κ2) is 8.02. The number of nitrogens with one attached hydrogen (secondary N) is 1. The molecule has 1 aliphatic carbocycles. The zero-order valence-electron chi connectivity index (χ0n) is 14.6. The molecule has 0 radical (unpaired) electrons. The first-order chi connectivity index (χ1) is 12.1. The molecule has 1 aliphatic rings. The Balaban J connectivity index is 1.56. The Kier molecular flexibility index (Phi) is 5.76. The van der Waals surface area contributed by atoms with Crippen LogP contribution in [0.2, 0.25) is 0 Å². The van der Waals surface area contributed by atoms with Crippen LogP contribution in [0.15, 0.2) is 41.8 Å². The lowest BCUT2D eigenvalue weighted by atomic mass is 10.1.